The van der Waals surface area contributed by atoms with Crippen LogP contribution in [0.25, 0.3) is 0 Å². The maximum Gasteiger partial charge on any atom is 0.219 e. The number of hydrogen-bond acceptors (Lipinski definition) is 3. The van der Waals surface area contributed by atoms with E-state index in [1.165, 1.54) is 27.9 Å². The SMILES string of the molecule is Cc1ccc(C)c([P+]2(S)SCCS2)c1. The fraction of sp³-hybridized carbons (Fsp3) is 0.400. The van der Waals surface area contributed by atoms with Crippen molar-refractivity contribution in [1.82, 2.24) is 0 Å². The molecule has 1 fully saturated rings. The van der Waals surface area contributed by atoms with Gasteiger partial charge in [0.2, 0.25) is 4.87 Å². The third-order valence-corrected chi connectivity index (χ3v) is 14.1. The van der Waals surface area contributed by atoms with Crippen LogP contribution in [0, 0.1) is 13.8 Å². The molecule has 1 aliphatic rings. The van der Waals surface area contributed by atoms with Crippen molar-refractivity contribution in [2.75, 3.05) is 11.5 Å². The van der Waals surface area contributed by atoms with Crippen molar-refractivity contribution in [2.45, 2.75) is 13.8 Å². The van der Waals surface area contributed by atoms with Gasteiger partial charge in [-0.15, -0.1) is 0 Å². The van der Waals surface area contributed by atoms with E-state index in [1.54, 1.807) is 0 Å². The molecule has 0 aromatic heterocycles. The molecule has 0 atom stereocenters. The summed E-state index contributed by atoms with van der Waals surface area (Å²) < 4.78 is 0. The van der Waals surface area contributed by atoms with Crippen molar-refractivity contribution in [1.29, 1.82) is 0 Å². The molecule has 1 aliphatic heterocycles. The number of hydrogen-bond donors (Lipinski definition) is 1. The van der Waals surface area contributed by atoms with Gasteiger partial charge in [0.25, 0.3) is 0 Å². The molecule has 0 radical (unpaired) electrons. The van der Waals surface area contributed by atoms with Gasteiger partial charge in [-0.1, -0.05) is 12.1 Å². The standard InChI is InChI=1S/C10H14PS3/c1-8-3-4-9(2)10(7-8)11(12)13-5-6-14-11/h3-4,7,12H,5-6H2,1-2H3/q+1. The van der Waals surface area contributed by atoms with Gasteiger partial charge < -0.3 is 0 Å². The molecule has 0 bridgehead atoms. The minimum atomic E-state index is -1.21. The predicted molar refractivity (Wildman–Crippen MR) is 76.4 cm³/mol. The fourth-order valence-electron chi connectivity index (χ4n) is 1.52. The Bertz CT molecular complexity index is 345. The summed E-state index contributed by atoms with van der Waals surface area (Å²) in [6.45, 7) is 4.36. The minimum Gasteiger partial charge on any atom is -0.0588 e. The Morgan fingerprint density at radius 2 is 1.86 bits per heavy atom. The Morgan fingerprint density at radius 3 is 2.50 bits per heavy atom. The van der Waals surface area contributed by atoms with Gasteiger partial charge in [-0.05, 0) is 31.0 Å². The zero-order chi connectivity index (χ0) is 10.2. The quantitative estimate of drug-likeness (QED) is 0.597. The van der Waals surface area contributed by atoms with E-state index in [-0.39, 0.29) is 0 Å². The van der Waals surface area contributed by atoms with Crippen molar-refractivity contribution in [3.05, 3.63) is 29.3 Å². The third-order valence-electron chi connectivity index (χ3n) is 2.28. The summed E-state index contributed by atoms with van der Waals surface area (Å²) in [6, 6.07) is 6.73. The molecule has 2 rings (SSSR count). The molecule has 1 heterocycles. The van der Waals surface area contributed by atoms with Crippen LogP contribution in [0.2, 0.25) is 0 Å². The van der Waals surface area contributed by atoms with Crippen molar-refractivity contribution in [2.24, 2.45) is 0 Å². The minimum absolute atomic E-state index is 1.21. The molecule has 1 aromatic rings. The normalized spacial score (nSPS) is 19.9. The second kappa shape index (κ2) is 4.29. The third kappa shape index (κ3) is 2.11. The van der Waals surface area contributed by atoms with E-state index in [0.717, 1.165) is 0 Å². The van der Waals surface area contributed by atoms with Gasteiger partial charge in [0, 0.05) is 46.5 Å². The molecule has 14 heavy (non-hydrogen) atoms. The molecule has 1 aromatic carbocycles. The van der Waals surface area contributed by atoms with Crippen molar-refractivity contribution >= 4 is 45.2 Å². The maximum atomic E-state index is 4.92. The van der Waals surface area contributed by atoms with Crippen LogP contribution in [-0.2, 0) is 0 Å². The number of thiol groups is 1. The van der Waals surface area contributed by atoms with Crippen LogP contribution in [-0.4, -0.2) is 11.5 Å². The van der Waals surface area contributed by atoms with E-state index in [0.29, 0.717) is 0 Å². The summed E-state index contributed by atoms with van der Waals surface area (Å²) in [7, 11) is 0. The second-order valence-corrected chi connectivity index (χ2v) is 15.3. The van der Waals surface area contributed by atoms with E-state index in [1.807, 2.05) is 0 Å². The monoisotopic (exact) mass is 261 g/mol. The van der Waals surface area contributed by atoms with E-state index < -0.39 is 4.87 Å². The average Bonchev–Trinajstić information content (AvgIpc) is 2.58. The summed E-state index contributed by atoms with van der Waals surface area (Å²) in [5, 5.41) is 1.49. The lowest BCUT2D eigenvalue weighted by atomic mass is 10.2. The zero-order valence-corrected chi connectivity index (χ0v) is 11.8. The molecule has 0 unspecified atom stereocenters. The molecular weight excluding hydrogens is 247 g/mol. The average molecular weight is 261 g/mol. The molecule has 1 saturated heterocycles. The predicted octanol–water partition coefficient (Wildman–Crippen LogP) is 4.10. The van der Waals surface area contributed by atoms with Crippen molar-refractivity contribution in [3.8, 4) is 0 Å². The first-order chi connectivity index (χ1) is 6.62. The van der Waals surface area contributed by atoms with Gasteiger partial charge in [-0.3, -0.25) is 0 Å². The first kappa shape index (κ1) is 11.2. The van der Waals surface area contributed by atoms with Crippen LogP contribution in [0.4, 0.5) is 0 Å². The smallest absolute Gasteiger partial charge is 0.0588 e. The summed E-state index contributed by atoms with van der Waals surface area (Å²) >= 11 is 9.04. The van der Waals surface area contributed by atoms with Crippen LogP contribution < -0.4 is 5.30 Å². The lowest BCUT2D eigenvalue weighted by molar-refractivity contribution is 1.43. The van der Waals surface area contributed by atoms with Gasteiger partial charge in [0.15, 0.2) is 0 Å². The largest absolute Gasteiger partial charge is 0.219 e. The van der Waals surface area contributed by atoms with Crippen LogP contribution in [0.3, 0.4) is 0 Å². The van der Waals surface area contributed by atoms with Crippen LogP contribution >= 0.6 is 39.9 Å². The zero-order valence-electron chi connectivity index (χ0n) is 8.36. The number of benzene rings is 1. The van der Waals surface area contributed by atoms with Gasteiger partial charge in [0.05, 0.1) is 0 Å². The number of aryl methyl sites for hydroxylation is 2. The van der Waals surface area contributed by atoms with Crippen LogP contribution in [0.1, 0.15) is 11.1 Å². The Hall–Kier alpha value is 0.700. The highest BCUT2D eigenvalue weighted by Crippen LogP contribution is 2.85. The Labute approximate surface area is 99.6 Å². The molecule has 0 N–H and O–H groups in total. The Morgan fingerprint density at radius 1 is 1.21 bits per heavy atom. The topological polar surface area (TPSA) is 0 Å². The summed E-state index contributed by atoms with van der Waals surface area (Å²) in [5.41, 5.74) is 2.76. The van der Waals surface area contributed by atoms with Crippen LogP contribution in [0.15, 0.2) is 18.2 Å². The van der Waals surface area contributed by atoms with Gasteiger partial charge >= 0.3 is 0 Å². The first-order valence-electron chi connectivity index (χ1n) is 4.60. The summed E-state index contributed by atoms with van der Waals surface area (Å²) in [4.78, 5) is -1.21. The summed E-state index contributed by atoms with van der Waals surface area (Å²) in [5.74, 6) is 2.52. The van der Waals surface area contributed by atoms with Crippen molar-refractivity contribution < 1.29 is 0 Å². The Balaban J connectivity index is 2.44. The fourth-order valence-corrected chi connectivity index (χ4v) is 13.0. The first-order valence-corrected chi connectivity index (χ1v) is 10.7. The summed E-state index contributed by atoms with van der Waals surface area (Å²) in [6.07, 6.45) is 0. The van der Waals surface area contributed by atoms with Gasteiger partial charge in [0.1, 0.15) is 5.30 Å². The lowest BCUT2D eigenvalue weighted by Gasteiger charge is -2.13. The highest BCUT2D eigenvalue weighted by Gasteiger charge is 2.45. The molecule has 4 heteroatoms. The second-order valence-electron chi connectivity index (χ2n) is 3.48. The van der Waals surface area contributed by atoms with Gasteiger partial charge in [-0.2, -0.15) is 0 Å². The molecule has 76 valence electrons. The van der Waals surface area contributed by atoms with E-state index in [4.69, 9.17) is 12.2 Å². The van der Waals surface area contributed by atoms with E-state index in [2.05, 4.69) is 54.8 Å². The highest BCUT2D eigenvalue weighted by atomic mass is 33.4. The van der Waals surface area contributed by atoms with Crippen molar-refractivity contribution in [3.63, 3.8) is 0 Å². The molecule has 0 amide bonds. The molecule has 0 aliphatic carbocycles. The van der Waals surface area contributed by atoms with Crippen LogP contribution in [0.5, 0.6) is 0 Å². The molecule has 0 saturated carbocycles. The highest BCUT2D eigenvalue weighted by molar-refractivity contribution is 9.18. The lowest BCUT2D eigenvalue weighted by Crippen LogP contribution is -2.05. The maximum absolute atomic E-state index is 4.92. The van der Waals surface area contributed by atoms with Gasteiger partial charge in [-0.25, -0.2) is 0 Å². The molecule has 0 nitrogen and oxygen atoms in total. The molecule has 0 spiro atoms. The van der Waals surface area contributed by atoms with E-state index in [9.17, 15) is 0 Å². The number of rotatable bonds is 1. The molecular formula is C10H14PS3+. The Kier molecular flexibility index (Phi) is 3.43. The van der Waals surface area contributed by atoms with E-state index >= 15 is 0 Å².